The molecular formula is C21H18ClN5O2S. The molecule has 0 unspecified atom stereocenters. The number of carbonyl (C=O) groups is 1. The molecule has 0 radical (unpaired) electrons. The Morgan fingerprint density at radius 3 is 2.73 bits per heavy atom. The van der Waals surface area contributed by atoms with Crippen LogP contribution in [0.5, 0.6) is 11.5 Å². The Balaban J connectivity index is 1.45. The molecule has 0 aliphatic carbocycles. The number of hydrogen-bond acceptors (Lipinski definition) is 6. The number of rotatable bonds is 6. The molecule has 0 aliphatic heterocycles. The highest BCUT2D eigenvalue weighted by molar-refractivity contribution is 7.99. The molecule has 7 nitrogen and oxygen atoms in total. The van der Waals surface area contributed by atoms with Crippen molar-refractivity contribution < 1.29 is 9.53 Å². The minimum atomic E-state index is -0.222. The molecule has 2 aromatic heterocycles. The van der Waals surface area contributed by atoms with Crippen molar-refractivity contribution >= 4 is 40.7 Å². The van der Waals surface area contributed by atoms with E-state index in [1.54, 1.807) is 22.7 Å². The van der Waals surface area contributed by atoms with Crippen molar-refractivity contribution in [3.8, 4) is 11.5 Å². The fourth-order valence-corrected chi connectivity index (χ4v) is 3.62. The molecule has 0 spiro atoms. The van der Waals surface area contributed by atoms with Crippen LogP contribution in [0.3, 0.4) is 0 Å². The van der Waals surface area contributed by atoms with Crippen molar-refractivity contribution in [3.63, 3.8) is 0 Å². The lowest BCUT2D eigenvalue weighted by Crippen LogP contribution is -2.14. The molecule has 0 bridgehead atoms. The van der Waals surface area contributed by atoms with Gasteiger partial charge in [-0.25, -0.2) is 9.50 Å². The van der Waals surface area contributed by atoms with Crippen LogP contribution in [-0.4, -0.2) is 31.2 Å². The fraction of sp³-hybridized carbons (Fsp3) is 0.143. The molecule has 0 aliphatic rings. The van der Waals surface area contributed by atoms with Gasteiger partial charge in [0.15, 0.2) is 5.75 Å². The maximum Gasteiger partial charge on any atom is 0.253 e. The quantitative estimate of drug-likeness (QED) is 0.429. The van der Waals surface area contributed by atoms with Crippen molar-refractivity contribution in [2.24, 2.45) is 0 Å². The fourth-order valence-electron chi connectivity index (χ4n) is 2.83. The van der Waals surface area contributed by atoms with E-state index in [-0.39, 0.29) is 11.7 Å². The normalized spacial score (nSPS) is 10.9. The van der Waals surface area contributed by atoms with Gasteiger partial charge in [0.25, 0.3) is 5.78 Å². The number of amides is 1. The molecule has 0 saturated heterocycles. The van der Waals surface area contributed by atoms with Gasteiger partial charge in [0.05, 0.1) is 11.4 Å². The van der Waals surface area contributed by atoms with E-state index in [9.17, 15) is 4.79 Å². The number of carbonyl (C=O) groups excluding carboxylic acids is 1. The molecule has 4 aromatic rings. The molecule has 0 fully saturated rings. The number of aryl methyl sites for hydroxylation is 2. The SMILES string of the molecule is Cc1cc(C)n2nc(SCC(=O)Nc3cc(Cl)ccc3Oc3ccccc3)nc2n1. The predicted molar refractivity (Wildman–Crippen MR) is 118 cm³/mol. The third kappa shape index (κ3) is 4.72. The molecule has 0 saturated carbocycles. The standard InChI is InChI=1S/C21H18ClN5O2S/c1-13-10-14(2)27-20(23-13)25-21(26-27)30-12-19(28)24-17-11-15(22)8-9-18(17)29-16-6-4-3-5-7-16/h3-11H,12H2,1-2H3,(H,24,28). The summed E-state index contributed by atoms with van der Waals surface area (Å²) in [5.41, 5.74) is 2.30. The van der Waals surface area contributed by atoms with Crippen LogP contribution in [-0.2, 0) is 4.79 Å². The summed E-state index contributed by atoms with van der Waals surface area (Å²) in [5.74, 6) is 1.59. The lowest BCUT2D eigenvalue weighted by atomic mass is 10.3. The topological polar surface area (TPSA) is 81.4 Å². The summed E-state index contributed by atoms with van der Waals surface area (Å²) in [6.07, 6.45) is 0. The maximum absolute atomic E-state index is 12.5. The average Bonchev–Trinajstić information content (AvgIpc) is 3.13. The van der Waals surface area contributed by atoms with Crippen LogP contribution in [0.15, 0.2) is 59.8 Å². The number of anilines is 1. The lowest BCUT2D eigenvalue weighted by molar-refractivity contribution is -0.113. The Kier molecular flexibility index (Phi) is 5.87. The molecule has 152 valence electrons. The molecule has 1 amide bonds. The second-order valence-corrected chi connectivity index (χ2v) is 7.92. The van der Waals surface area contributed by atoms with Gasteiger partial charge in [0.2, 0.25) is 11.1 Å². The number of nitrogens with one attached hydrogen (secondary N) is 1. The van der Waals surface area contributed by atoms with Crippen LogP contribution < -0.4 is 10.1 Å². The second-order valence-electron chi connectivity index (χ2n) is 6.54. The molecule has 9 heteroatoms. The number of ether oxygens (including phenoxy) is 1. The number of hydrogen-bond donors (Lipinski definition) is 1. The first-order chi connectivity index (χ1) is 14.5. The minimum Gasteiger partial charge on any atom is -0.455 e. The third-order valence-corrected chi connectivity index (χ3v) is 5.19. The molecule has 1 N–H and O–H groups in total. The van der Waals surface area contributed by atoms with Crippen LogP contribution in [0.25, 0.3) is 5.78 Å². The maximum atomic E-state index is 12.5. The summed E-state index contributed by atoms with van der Waals surface area (Å²) in [6, 6.07) is 16.3. The highest BCUT2D eigenvalue weighted by Crippen LogP contribution is 2.32. The van der Waals surface area contributed by atoms with Crippen molar-refractivity contribution in [2.45, 2.75) is 19.0 Å². The van der Waals surface area contributed by atoms with Crippen LogP contribution >= 0.6 is 23.4 Å². The third-order valence-electron chi connectivity index (χ3n) is 4.12. The Morgan fingerprint density at radius 2 is 1.93 bits per heavy atom. The Morgan fingerprint density at radius 1 is 1.13 bits per heavy atom. The van der Waals surface area contributed by atoms with E-state index >= 15 is 0 Å². The average molecular weight is 440 g/mol. The van der Waals surface area contributed by atoms with Crippen molar-refractivity contribution in [3.05, 3.63) is 71.0 Å². The minimum absolute atomic E-state index is 0.131. The monoisotopic (exact) mass is 439 g/mol. The van der Waals surface area contributed by atoms with E-state index in [0.29, 0.717) is 33.1 Å². The Bertz CT molecular complexity index is 1210. The molecule has 2 heterocycles. The van der Waals surface area contributed by atoms with Crippen molar-refractivity contribution in [2.75, 3.05) is 11.1 Å². The smallest absolute Gasteiger partial charge is 0.253 e. The van der Waals surface area contributed by atoms with Gasteiger partial charge in [-0.3, -0.25) is 4.79 Å². The zero-order valence-electron chi connectivity index (χ0n) is 16.3. The van der Waals surface area contributed by atoms with Crippen LogP contribution in [0.2, 0.25) is 5.02 Å². The summed E-state index contributed by atoms with van der Waals surface area (Å²) < 4.78 is 7.54. The lowest BCUT2D eigenvalue weighted by Gasteiger charge is -2.12. The number of fused-ring (bicyclic) bond motifs is 1. The largest absolute Gasteiger partial charge is 0.455 e. The van der Waals surface area contributed by atoms with E-state index in [2.05, 4.69) is 20.4 Å². The molecule has 30 heavy (non-hydrogen) atoms. The van der Waals surface area contributed by atoms with Crippen molar-refractivity contribution in [1.29, 1.82) is 0 Å². The van der Waals surface area contributed by atoms with Gasteiger partial charge in [0, 0.05) is 16.4 Å². The van der Waals surface area contributed by atoms with Gasteiger partial charge in [0.1, 0.15) is 5.75 Å². The van der Waals surface area contributed by atoms with Crippen molar-refractivity contribution in [1.82, 2.24) is 19.6 Å². The Labute approximate surface area is 182 Å². The zero-order valence-corrected chi connectivity index (χ0v) is 17.9. The van der Waals surface area contributed by atoms with Crippen LogP contribution in [0.4, 0.5) is 5.69 Å². The molecule has 2 aromatic carbocycles. The van der Waals surface area contributed by atoms with E-state index in [0.717, 1.165) is 11.4 Å². The number of aromatic nitrogens is 4. The summed E-state index contributed by atoms with van der Waals surface area (Å²) in [6.45, 7) is 3.84. The van der Waals surface area contributed by atoms with Crippen LogP contribution in [0.1, 0.15) is 11.4 Å². The van der Waals surface area contributed by atoms with Gasteiger partial charge in [-0.2, -0.15) is 4.98 Å². The van der Waals surface area contributed by atoms with Gasteiger partial charge in [-0.15, -0.1) is 5.10 Å². The first-order valence-corrected chi connectivity index (χ1v) is 10.5. The zero-order chi connectivity index (χ0) is 21.1. The van der Waals surface area contributed by atoms with Gasteiger partial charge in [-0.05, 0) is 50.2 Å². The molecule has 0 atom stereocenters. The van der Waals surface area contributed by atoms with E-state index in [4.69, 9.17) is 16.3 Å². The van der Waals surface area contributed by atoms with E-state index in [1.165, 1.54) is 11.8 Å². The Hall–Kier alpha value is -3.10. The van der Waals surface area contributed by atoms with Crippen LogP contribution in [0, 0.1) is 13.8 Å². The van der Waals surface area contributed by atoms with Gasteiger partial charge >= 0.3 is 0 Å². The first-order valence-electron chi connectivity index (χ1n) is 9.14. The number of benzene rings is 2. The number of thioether (sulfide) groups is 1. The highest BCUT2D eigenvalue weighted by Gasteiger charge is 2.13. The second kappa shape index (κ2) is 8.73. The summed E-state index contributed by atoms with van der Waals surface area (Å²) in [5, 5.41) is 8.23. The number of para-hydroxylation sites is 1. The number of nitrogens with zero attached hydrogens (tertiary/aromatic N) is 4. The predicted octanol–water partition coefficient (Wildman–Crippen LogP) is 4.92. The molecular weight excluding hydrogens is 422 g/mol. The summed E-state index contributed by atoms with van der Waals surface area (Å²) >= 11 is 7.34. The van der Waals surface area contributed by atoms with Gasteiger partial charge in [-0.1, -0.05) is 41.6 Å². The van der Waals surface area contributed by atoms with Gasteiger partial charge < -0.3 is 10.1 Å². The van der Waals surface area contributed by atoms with E-state index in [1.807, 2.05) is 50.2 Å². The first kappa shape index (κ1) is 20.2. The number of halogens is 1. The molecule has 4 rings (SSSR count). The highest BCUT2D eigenvalue weighted by atomic mass is 35.5. The van der Waals surface area contributed by atoms with E-state index < -0.39 is 0 Å². The summed E-state index contributed by atoms with van der Waals surface area (Å²) in [4.78, 5) is 21.3. The summed E-state index contributed by atoms with van der Waals surface area (Å²) in [7, 11) is 0.